The number of hydrogen-bond donors (Lipinski definition) is 0. The van der Waals surface area contributed by atoms with E-state index in [-0.39, 0.29) is 0 Å². The van der Waals surface area contributed by atoms with Gasteiger partial charge in [0, 0.05) is 12.3 Å². The van der Waals surface area contributed by atoms with Gasteiger partial charge in [-0.25, -0.2) is 0 Å². The lowest BCUT2D eigenvalue weighted by Crippen LogP contribution is -2.36. The van der Waals surface area contributed by atoms with Crippen molar-refractivity contribution in [2.75, 3.05) is 0 Å². The second kappa shape index (κ2) is 2.83. The third-order valence-electron chi connectivity index (χ3n) is 4.37. The van der Waals surface area contributed by atoms with Crippen LogP contribution in [0.3, 0.4) is 0 Å². The summed E-state index contributed by atoms with van der Waals surface area (Å²) in [6, 6.07) is 0. The highest BCUT2D eigenvalue weighted by Gasteiger charge is 2.45. The van der Waals surface area contributed by atoms with Crippen LogP contribution in [0.4, 0.5) is 0 Å². The molecular weight excluding hydrogens is 160 g/mol. The van der Waals surface area contributed by atoms with Crippen LogP contribution in [-0.4, -0.2) is 5.78 Å². The summed E-state index contributed by atoms with van der Waals surface area (Å²) in [6.45, 7) is 6.94. The van der Waals surface area contributed by atoms with Crippen LogP contribution < -0.4 is 0 Å². The maximum absolute atomic E-state index is 11.8. The summed E-state index contributed by atoms with van der Waals surface area (Å²) in [5.74, 6) is 2.24. The van der Waals surface area contributed by atoms with Crippen LogP contribution in [0.25, 0.3) is 0 Å². The van der Waals surface area contributed by atoms with Crippen molar-refractivity contribution in [1.29, 1.82) is 0 Å². The Hall–Kier alpha value is -0.330. The molecule has 3 aliphatic carbocycles. The van der Waals surface area contributed by atoms with Gasteiger partial charge in [0.05, 0.1) is 0 Å². The predicted octanol–water partition coefficient (Wildman–Crippen LogP) is 3.04. The van der Waals surface area contributed by atoms with E-state index in [0.29, 0.717) is 29.0 Å². The van der Waals surface area contributed by atoms with E-state index in [1.165, 1.54) is 12.8 Å². The SMILES string of the molecule is C[C@@H]1CC[C@@H]2CC(=O)[C@H]1CC2(C)C. The molecule has 3 saturated carbocycles. The second-order valence-electron chi connectivity index (χ2n) is 5.72. The summed E-state index contributed by atoms with van der Waals surface area (Å²) in [4.78, 5) is 11.8. The molecule has 0 radical (unpaired) electrons. The first-order valence-corrected chi connectivity index (χ1v) is 5.53. The van der Waals surface area contributed by atoms with Crippen molar-refractivity contribution in [3.8, 4) is 0 Å². The Morgan fingerprint density at radius 3 is 2.69 bits per heavy atom. The Labute approximate surface area is 80.9 Å². The van der Waals surface area contributed by atoms with Crippen molar-refractivity contribution in [1.82, 2.24) is 0 Å². The van der Waals surface area contributed by atoms with E-state index < -0.39 is 0 Å². The molecule has 1 nitrogen and oxygen atoms in total. The summed E-state index contributed by atoms with van der Waals surface area (Å²) in [6.07, 6.45) is 4.54. The first kappa shape index (κ1) is 9.23. The van der Waals surface area contributed by atoms with Crippen LogP contribution in [-0.2, 0) is 4.79 Å². The number of hydrogen-bond acceptors (Lipinski definition) is 1. The van der Waals surface area contributed by atoms with Crippen molar-refractivity contribution in [3.05, 3.63) is 0 Å². The quantitative estimate of drug-likeness (QED) is 0.560. The number of carbonyl (C=O) groups excluding carboxylic acids is 1. The van der Waals surface area contributed by atoms with Gasteiger partial charge in [-0.2, -0.15) is 0 Å². The molecule has 0 unspecified atom stereocenters. The molecule has 3 atom stereocenters. The Morgan fingerprint density at radius 2 is 2.00 bits per heavy atom. The van der Waals surface area contributed by atoms with Crippen LogP contribution in [0, 0.1) is 23.2 Å². The third-order valence-corrected chi connectivity index (χ3v) is 4.37. The van der Waals surface area contributed by atoms with Crippen LogP contribution in [0.1, 0.15) is 46.5 Å². The maximum Gasteiger partial charge on any atom is 0.136 e. The zero-order chi connectivity index (χ0) is 9.64. The maximum atomic E-state index is 11.8. The fourth-order valence-corrected chi connectivity index (χ4v) is 3.19. The minimum atomic E-state index is 0.383. The minimum Gasteiger partial charge on any atom is -0.299 e. The fourth-order valence-electron chi connectivity index (χ4n) is 3.19. The van der Waals surface area contributed by atoms with Gasteiger partial charge in [0.2, 0.25) is 0 Å². The Morgan fingerprint density at radius 1 is 1.31 bits per heavy atom. The van der Waals surface area contributed by atoms with Crippen molar-refractivity contribution >= 4 is 5.78 Å². The van der Waals surface area contributed by atoms with Crippen LogP contribution >= 0.6 is 0 Å². The zero-order valence-corrected chi connectivity index (χ0v) is 8.97. The van der Waals surface area contributed by atoms with Gasteiger partial charge >= 0.3 is 0 Å². The average molecular weight is 180 g/mol. The second-order valence-corrected chi connectivity index (χ2v) is 5.72. The normalized spacial score (nSPS) is 43.3. The molecule has 0 saturated heterocycles. The number of carbonyl (C=O) groups is 1. The Kier molecular flexibility index (Phi) is 2.01. The van der Waals surface area contributed by atoms with Gasteiger partial charge < -0.3 is 0 Å². The number of fused-ring (bicyclic) bond motifs is 4. The van der Waals surface area contributed by atoms with Crippen molar-refractivity contribution in [2.45, 2.75) is 46.5 Å². The van der Waals surface area contributed by atoms with E-state index >= 15 is 0 Å². The van der Waals surface area contributed by atoms with Gasteiger partial charge in [0.15, 0.2) is 0 Å². The molecule has 0 aromatic carbocycles. The molecule has 2 bridgehead atoms. The number of ketones is 1. The van der Waals surface area contributed by atoms with Crippen molar-refractivity contribution in [3.63, 3.8) is 0 Å². The van der Waals surface area contributed by atoms with Crippen molar-refractivity contribution < 1.29 is 4.79 Å². The first-order chi connectivity index (χ1) is 6.00. The number of Topliss-reactive ketones (excluding diaryl/α,β-unsaturated/α-hetero) is 1. The highest BCUT2D eigenvalue weighted by Crippen LogP contribution is 2.50. The van der Waals surface area contributed by atoms with Gasteiger partial charge in [-0.05, 0) is 36.5 Å². The topological polar surface area (TPSA) is 17.1 Å². The molecular formula is C12H20O. The summed E-state index contributed by atoms with van der Waals surface area (Å²) < 4.78 is 0. The Bertz CT molecular complexity index is 229. The summed E-state index contributed by atoms with van der Waals surface area (Å²) in [5, 5.41) is 0. The monoisotopic (exact) mass is 180 g/mol. The molecule has 0 aromatic heterocycles. The molecule has 0 spiro atoms. The van der Waals surface area contributed by atoms with E-state index in [1.807, 2.05) is 0 Å². The summed E-state index contributed by atoms with van der Waals surface area (Å²) in [5.41, 5.74) is 0.420. The summed E-state index contributed by atoms with van der Waals surface area (Å²) >= 11 is 0. The van der Waals surface area contributed by atoms with Crippen LogP contribution in [0.5, 0.6) is 0 Å². The average Bonchev–Trinajstić information content (AvgIpc) is 2.21. The summed E-state index contributed by atoms with van der Waals surface area (Å²) in [7, 11) is 0. The molecule has 1 heteroatoms. The van der Waals surface area contributed by atoms with Crippen LogP contribution in [0.15, 0.2) is 0 Å². The number of rotatable bonds is 0. The molecule has 74 valence electrons. The molecule has 13 heavy (non-hydrogen) atoms. The van der Waals surface area contributed by atoms with E-state index in [1.54, 1.807) is 0 Å². The van der Waals surface area contributed by atoms with Gasteiger partial charge in [0.25, 0.3) is 0 Å². The third kappa shape index (κ3) is 1.43. The molecule has 0 amide bonds. The van der Waals surface area contributed by atoms with Gasteiger partial charge in [-0.1, -0.05) is 20.8 Å². The molecule has 3 rings (SSSR count). The lowest BCUT2D eigenvalue weighted by atomic mass is 9.65. The molecule has 3 aliphatic rings. The van der Waals surface area contributed by atoms with E-state index in [2.05, 4.69) is 20.8 Å². The van der Waals surface area contributed by atoms with Gasteiger partial charge in [0.1, 0.15) is 5.78 Å². The molecule has 0 heterocycles. The van der Waals surface area contributed by atoms with Gasteiger partial charge in [-0.15, -0.1) is 0 Å². The standard InChI is InChI=1S/C12H20O/c1-8-4-5-9-6-11(13)10(8)7-12(9,2)3/h8-10H,4-7H2,1-3H3/t8-,9-,10+/m1/s1. The van der Waals surface area contributed by atoms with Gasteiger partial charge in [-0.3, -0.25) is 4.79 Å². The highest BCUT2D eigenvalue weighted by atomic mass is 16.1. The van der Waals surface area contributed by atoms with E-state index in [9.17, 15) is 4.79 Å². The molecule has 0 aliphatic heterocycles. The predicted molar refractivity (Wildman–Crippen MR) is 53.4 cm³/mol. The lowest BCUT2D eigenvalue weighted by molar-refractivity contribution is -0.130. The zero-order valence-electron chi connectivity index (χ0n) is 8.97. The Balaban J connectivity index is 2.29. The van der Waals surface area contributed by atoms with Crippen molar-refractivity contribution in [2.24, 2.45) is 23.2 Å². The first-order valence-electron chi connectivity index (χ1n) is 5.53. The van der Waals surface area contributed by atoms with E-state index in [0.717, 1.165) is 12.8 Å². The molecule has 0 N–H and O–H groups in total. The smallest absolute Gasteiger partial charge is 0.136 e. The molecule has 3 fully saturated rings. The fraction of sp³-hybridized carbons (Fsp3) is 0.917. The van der Waals surface area contributed by atoms with Crippen LogP contribution in [0.2, 0.25) is 0 Å². The largest absolute Gasteiger partial charge is 0.299 e. The van der Waals surface area contributed by atoms with E-state index in [4.69, 9.17) is 0 Å². The highest BCUT2D eigenvalue weighted by molar-refractivity contribution is 5.82. The lowest BCUT2D eigenvalue weighted by Gasteiger charge is -2.39. The minimum absolute atomic E-state index is 0.383. The molecule has 0 aromatic rings.